The molecule has 1 aliphatic carbocycles. The Morgan fingerprint density at radius 3 is 2.93 bits per heavy atom. The monoisotopic (exact) mass is 448 g/mol. The average Bonchev–Trinajstić information content (AvgIpc) is 3.43. The van der Waals surface area contributed by atoms with Gasteiger partial charge in [0.25, 0.3) is 0 Å². The summed E-state index contributed by atoms with van der Waals surface area (Å²) in [5.74, 6) is 1.82. The summed E-state index contributed by atoms with van der Waals surface area (Å²) in [6, 6.07) is 0. The number of hydrogen-bond acceptors (Lipinski definition) is 8. The molecule has 0 saturated carbocycles. The predicted molar refractivity (Wildman–Crippen MR) is 119 cm³/mol. The Labute approximate surface area is 182 Å². The van der Waals surface area contributed by atoms with Gasteiger partial charge < -0.3 is 4.57 Å². The Balaban J connectivity index is 1.46. The van der Waals surface area contributed by atoms with Gasteiger partial charge >= 0.3 is 0 Å². The molecule has 7 nitrogen and oxygen atoms in total. The van der Waals surface area contributed by atoms with Crippen LogP contribution in [0.4, 0.5) is 5.13 Å². The van der Waals surface area contributed by atoms with Gasteiger partial charge in [0, 0.05) is 22.4 Å². The number of thioether (sulfide) groups is 1. The van der Waals surface area contributed by atoms with Gasteiger partial charge in [0.1, 0.15) is 5.01 Å². The summed E-state index contributed by atoms with van der Waals surface area (Å²) >= 11 is 4.65. The lowest BCUT2D eigenvalue weighted by Crippen LogP contribution is -2.14. The quantitative estimate of drug-likeness (QED) is 0.543. The van der Waals surface area contributed by atoms with Gasteiger partial charge in [-0.3, -0.25) is 10.1 Å². The fraction of sp³-hybridized carbons (Fsp3) is 0.526. The first-order chi connectivity index (χ1) is 14.1. The number of aromatic nitrogens is 5. The number of fused-ring (bicyclic) bond motifs is 1. The molecule has 1 amide bonds. The summed E-state index contributed by atoms with van der Waals surface area (Å²) in [7, 11) is 0. The first-order valence-corrected chi connectivity index (χ1v) is 12.5. The average molecular weight is 449 g/mol. The van der Waals surface area contributed by atoms with E-state index < -0.39 is 0 Å². The zero-order valence-corrected chi connectivity index (χ0v) is 19.2. The number of carbonyl (C=O) groups excluding carboxylic acids is 1. The number of hydrogen-bond donors (Lipinski definition) is 1. The maximum Gasteiger partial charge on any atom is 0.236 e. The smallest absolute Gasteiger partial charge is 0.236 e. The molecule has 1 atom stereocenters. The van der Waals surface area contributed by atoms with E-state index in [1.807, 2.05) is 18.3 Å². The highest BCUT2D eigenvalue weighted by molar-refractivity contribution is 7.99. The normalized spacial score (nSPS) is 16.0. The highest BCUT2D eigenvalue weighted by Crippen LogP contribution is 2.38. The van der Waals surface area contributed by atoms with Crippen molar-refractivity contribution in [1.29, 1.82) is 0 Å². The molecule has 0 spiro atoms. The second kappa shape index (κ2) is 8.93. The van der Waals surface area contributed by atoms with Crippen LogP contribution < -0.4 is 5.32 Å². The third-order valence-corrected chi connectivity index (χ3v) is 8.02. The number of carbonyl (C=O) groups is 1. The lowest BCUT2D eigenvalue weighted by atomic mass is 9.88. The second-order valence-corrected chi connectivity index (χ2v) is 10.1. The summed E-state index contributed by atoms with van der Waals surface area (Å²) in [4.78, 5) is 13.8. The van der Waals surface area contributed by atoms with Gasteiger partial charge in [-0.25, -0.2) is 0 Å². The number of nitrogens with one attached hydrogen (secondary N) is 1. The number of thiophene rings is 1. The van der Waals surface area contributed by atoms with E-state index in [0.29, 0.717) is 5.13 Å². The minimum absolute atomic E-state index is 0.108. The molecule has 0 fully saturated rings. The van der Waals surface area contributed by atoms with Gasteiger partial charge in [0.15, 0.2) is 11.0 Å². The lowest BCUT2D eigenvalue weighted by molar-refractivity contribution is -0.113. The van der Waals surface area contributed by atoms with Gasteiger partial charge in [-0.15, -0.1) is 31.7 Å². The largest absolute Gasteiger partial charge is 0.302 e. The molecule has 1 N–H and O–H groups in total. The van der Waals surface area contributed by atoms with Gasteiger partial charge in [-0.1, -0.05) is 36.9 Å². The van der Waals surface area contributed by atoms with E-state index in [9.17, 15) is 4.79 Å². The third kappa shape index (κ3) is 4.39. The van der Waals surface area contributed by atoms with Crippen LogP contribution in [0.1, 0.15) is 42.6 Å². The van der Waals surface area contributed by atoms with Crippen LogP contribution in [0, 0.1) is 5.92 Å². The standard InChI is InChI=1S/C19H24N6OS3/c1-4-16-21-23-18(29-16)20-15(26)10-28-19-24-22-17(25(19)5-2)13-9-27-14-8-11(3)6-7-12(13)14/h9,11H,4-8,10H2,1-3H3,(H,20,23,26). The first-order valence-electron chi connectivity index (χ1n) is 9.86. The molecule has 0 bridgehead atoms. The van der Waals surface area contributed by atoms with Crippen LogP contribution in [0.25, 0.3) is 11.4 Å². The van der Waals surface area contributed by atoms with Crippen molar-refractivity contribution in [3.8, 4) is 11.4 Å². The maximum absolute atomic E-state index is 12.3. The van der Waals surface area contributed by atoms with Crippen molar-refractivity contribution in [1.82, 2.24) is 25.0 Å². The minimum atomic E-state index is -0.108. The SMILES string of the molecule is CCc1nnc(NC(=O)CSc2nnc(-c3csc4c3CCC(C)C4)n2CC)s1. The molecule has 1 aliphatic rings. The summed E-state index contributed by atoms with van der Waals surface area (Å²) in [6.07, 6.45) is 4.31. The van der Waals surface area contributed by atoms with Crippen molar-refractivity contribution in [3.63, 3.8) is 0 Å². The molecule has 3 aromatic heterocycles. The Morgan fingerprint density at radius 1 is 1.31 bits per heavy atom. The topological polar surface area (TPSA) is 85.6 Å². The molecule has 1 unspecified atom stereocenters. The zero-order valence-electron chi connectivity index (χ0n) is 16.8. The molecule has 3 aromatic rings. The van der Waals surface area contributed by atoms with Crippen LogP contribution in [0.2, 0.25) is 0 Å². The van der Waals surface area contributed by atoms with E-state index in [0.717, 1.165) is 47.7 Å². The highest BCUT2D eigenvalue weighted by atomic mass is 32.2. The molecule has 0 aromatic carbocycles. The lowest BCUT2D eigenvalue weighted by Gasteiger charge is -2.19. The number of anilines is 1. The predicted octanol–water partition coefficient (Wildman–Crippen LogP) is 4.30. The van der Waals surface area contributed by atoms with Crippen LogP contribution in [-0.4, -0.2) is 36.6 Å². The van der Waals surface area contributed by atoms with Gasteiger partial charge in [-0.05, 0) is 44.1 Å². The number of nitrogens with zero attached hydrogens (tertiary/aromatic N) is 5. The fourth-order valence-electron chi connectivity index (χ4n) is 3.48. The number of aryl methyl sites for hydroxylation is 1. The van der Waals surface area contributed by atoms with E-state index in [4.69, 9.17) is 0 Å². The number of rotatable bonds is 7. The second-order valence-electron chi connectivity index (χ2n) is 7.14. The van der Waals surface area contributed by atoms with Crippen molar-refractivity contribution in [2.45, 2.75) is 58.2 Å². The van der Waals surface area contributed by atoms with Crippen LogP contribution in [0.5, 0.6) is 0 Å². The van der Waals surface area contributed by atoms with Crippen molar-refractivity contribution in [3.05, 3.63) is 20.8 Å². The van der Waals surface area contributed by atoms with E-state index in [-0.39, 0.29) is 11.7 Å². The fourth-order valence-corrected chi connectivity index (χ4v) is 6.22. The molecule has 3 heterocycles. The van der Waals surface area contributed by atoms with E-state index in [1.165, 1.54) is 45.5 Å². The van der Waals surface area contributed by atoms with Crippen molar-refractivity contribution in [2.75, 3.05) is 11.1 Å². The Morgan fingerprint density at radius 2 is 2.17 bits per heavy atom. The molecule has 0 radical (unpaired) electrons. The number of amides is 1. The maximum atomic E-state index is 12.3. The summed E-state index contributed by atoms with van der Waals surface area (Å²) in [5.41, 5.74) is 2.65. The molecular formula is C19H24N6OS3. The zero-order chi connectivity index (χ0) is 20.4. The molecule has 0 saturated heterocycles. The van der Waals surface area contributed by atoms with E-state index >= 15 is 0 Å². The Hall–Kier alpha value is -1.78. The van der Waals surface area contributed by atoms with Crippen LogP contribution in [-0.2, 0) is 30.6 Å². The highest BCUT2D eigenvalue weighted by Gasteiger charge is 2.24. The van der Waals surface area contributed by atoms with E-state index in [1.54, 1.807) is 0 Å². The Kier molecular flexibility index (Phi) is 6.31. The van der Waals surface area contributed by atoms with Gasteiger partial charge in [0.05, 0.1) is 5.75 Å². The van der Waals surface area contributed by atoms with Gasteiger partial charge in [-0.2, -0.15) is 0 Å². The Bertz CT molecular complexity index is 1010. The summed E-state index contributed by atoms with van der Waals surface area (Å²) in [5, 5.41) is 24.1. The molecule has 10 heteroatoms. The molecular weight excluding hydrogens is 424 g/mol. The molecule has 0 aliphatic heterocycles. The minimum Gasteiger partial charge on any atom is -0.302 e. The third-order valence-electron chi connectivity index (χ3n) is 5.02. The van der Waals surface area contributed by atoms with E-state index in [2.05, 4.69) is 49.5 Å². The first kappa shape index (κ1) is 20.5. The molecule has 29 heavy (non-hydrogen) atoms. The summed E-state index contributed by atoms with van der Waals surface area (Å²) in [6.45, 7) is 7.19. The summed E-state index contributed by atoms with van der Waals surface area (Å²) < 4.78 is 2.11. The van der Waals surface area contributed by atoms with Gasteiger partial charge in [0.2, 0.25) is 11.0 Å². The molecule has 4 rings (SSSR count). The van der Waals surface area contributed by atoms with Crippen molar-refractivity contribution in [2.24, 2.45) is 5.92 Å². The van der Waals surface area contributed by atoms with Crippen LogP contribution in [0.3, 0.4) is 0 Å². The molecule has 154 valence electrons. The van der Waals surface area contributed by atoms with Crippen LogP contribution >= 0.6 is 34.4 Å². The van der Waals surface area contributed by atoms with Crippen LogP contribution in [0.15, 0.2) is 10.5 Å². The van der Waals surface area contributed by atoms with Crippen molar-refractivity contribution >= 4 is 45.5 Å². The van der Waals surface area contributed by atoms with Crippen molar-refractivity contribution < 1.29 is 4.79 Å².